The molecule has 144 valence electrons. The molecule has 0 spiro atoms. The molecule has 1 N–H and O–H groups in total. The van der Waals surface area contributed by atoms with Crippen LogP contribution in [0.1, 0.15) is 34.5 Å². The van der Waals surface area contributed by atoms with E-state index in [-0.39, 0.29) is 10.9 Å². The van der Waals surface area contributed by atoms with Gasteiger partial charge in [-0.25, -0.2) is 13.2 Å². The Bertz CT molecular complexity index is 893. The van der Waals surface area contributed by atoms with Gasteiger partial charge in [-0.1, -0.05) is 31.2 Å². The van der Waals surface area contributed by atoms with E-state index in [1.165, 1.54) is 41.2 Å². The second-order valence-corrected chi connectivity index (χ2v) is 8.34. The summed E-state index contributed by atoms with van der Waals surface area (Å²) in [5.41, 5.74) is 2.51. The lowest BCUT2D eigenvalue weighted by Crippen LogP contribution is -2.48. The van der Waals surface area contributed by atoms with Crippen LogP contribution in [0.4, 0.5) is 0 Å². The maximum atomic E-state index is 13.2. The zero-order valence-corrected chi connectivity index (χ0v) is 16.3. The highest BCUT2D eigenvalue weighted by molar-refractivity contribution is 7.89. The van der Waals surface area contributed by atoms with Crippen molar-refractivity contribution in [3.05, 3.63) is 65.2 Å². The predicted molar refractivity (Wildman–Crippen MR) is 103 cm³/mol. The van der Waals surface area contributed by atoms with Gasteiger partial charge in [0.2, 0.25) is 10.0 Å². The van der Waals surface area contributed by atoms with E-state index in [1.807, 2.05) is 24.3 Å². The van der Waals surface area contributed by atoms with Gasteiger partial charge in [-0.05, 0) is 41.8 Å². The number of nitrogens with one attached hydrogen (secondary N) is 1. The number of benzene rings is 2. The summed E-state index contributed by atoms with van der Waals surface area (Å²) in [6.45, 7) is 3.64. The maximum absolute atomic E-state index is 13.2. The van der Waals surface area contributed by atoms with Gasteiger partial charge in [0.1, 0.15) is 0 Å². The van der Waals surface area contributed by atoms with Crippen molar-refractivity contribution in [2.24, 2.45) is 0 Å². The van der Waals surface area contributed by atoms with E-state index in [9.17, 15) is 13.2 Å². The lowest BCUT2D eigenvalue weighted by molar-refractivity contribution is 0.0600. The van der Waals surface area contributed by atoms with E-state index in [0.29, 0.717) is 25.2 Å². The Kier molecular flexibility index (Phi) is 5.94. The van der Waals surface area contributed by atoms with Crippen LogP contribution in [0.3, 0.4) is 0 Å². The molecule has 2 aromatic carbocycles. The third-order valence-electron chi connectivity index (χ3n) is 4.85. The number of esters is 1. The number of hydrogen-bond donors (Lipinski definition) is 1. The molecule has 7 heteroatoms. The van der Waals surface area contributed by atoms with E-state index < -0.39 is 16.0 Å². The number of ether oxygens (including phenoxy) is 1. The highest BCUT2D eigenvalue weighted by atomic mass is 32.2. The van der Waals surface area contributed by atoms with Crippen molar-refractivity contribution in [2.75, 3.05) is 26.7 Å². The molecule has 1 fully saturated rings. The van der Waals surface area contributed by atoms with E-state index in [0.717, 1.165) is 12.0 Å². The van der Waals surface area contributed by atoms with Gasteiger partial charge in [-0.3, -0.25) is 0 Å². The van der Waals surface area contributed by atoms with Crippen molar-refractivity contribution in [3.63, 3.8) is 0 Å². The monoisotopic (exact) mass is 388 g/mol. The minimum atomic E-state index is -3.68. The molecule has 0 aromatic heterocycles. The fraction of sp³-hybridized carbons (Fsp3) is 0.350. The molecule has 0 radical (unpaired) electrons. The topological polar surface area (TPSA) is 75.7 Å². The van der Waals surface area contributed by atoms with E-state index in [2.05, 4.69) is 17.0 Å². The molecule has 1 unspecified atom stereocenters. The number of sulfonamides is 1. The second kappa shape index (κ2) is 8.21. The lowest BCUT2D eigenvalue weighted by Gasteiger charge is -2.35. The molecule has 0 aliphatic carbocycles. The first kappa shape index (κ1) is 19.5. The highest BCUT2D eigenvalue weighted by Gasteiger charge is 2.34. The Morgan fingerprint density at radius 2 is 1.81 bits per heavy atom. The van der Waals surface area contributed by atoms with Gasteiger partial charge in [0, 0.05) is 19.6 Å². The van der Waals surface area contributed by atoms with Crippen LogP contribution < -0.4 is 5.32 Å². The van der Waals surface area contributed by atoms with Crippen LogP contribution in [0, 0.1) is 0 Å². The molecule has 6 nitrogen and oxygen atoms in total. The molecule has 27 heavy (non-hydrogen) atoms. The average Bonchev–Trinajstić information content (AvgIpc) is 2.73. The van der Waals surface area contributed by atoms with Crippen LogP contribution in [0.25, 0.3) is 0 Å². The van der Waals surface area contributed by atoms with Crippen LogP contribution >= 0.6 is 0 Å². The van der Waals surface area contributed by atoms with Crippen molar-refractivity contribution in [1.29, 1.82) is 0 Å². The number of methoxy groups -OCH3 is 1. The third-order valence-corrected chi connectivity index (χ3v) is 6.77. The fourth-order valence-electron chi connectivity index (χ4n) is 3.25. The molecule has 1 saturated heterocycles. The zero-order chi connectivity index (χ0) is 19.4. The first-order chi connectivity index (χ1) is 13.0. The molecule has 1 atom stereocenters. The molecular weight excluding hydrogens is 364 g/mol. The molecule has 3 rings (SSSR count). The minimum Gasteiger partial charge on any atom is -0.465 e. The average molecular weight is 388 g/mol. The van der Waals surface area contributed by atoms with E-state index in [1.54, 1.807) is 0 Å². The van der Waals surface area contributed by atoms with Crippen LogP contribution in [-0.4, -0.2) is 45.4 Å². The molecule has 0 saturated carbocycles. The number of hydrogen-bond acceptors (Lipinski definition) is 5. The first-order valence-corrected chi connectivity index (χ1v) is 10.4. The lowest BCUT2D eigenvalue weighted by atomic mass is 10.0. The highest BCUT2D eigenvalue weighted by Crippen LogP contribution is 2.29. The van der Waals surface area contributed by atoms with Gasteiger partial charge in [0.05, 0.1) is 23.6 Å². The predicted octanol–water partition coefficient (Wildman–Crippen LogP) is 2.37. The van der Waals surface area contributed by atoms with E-state index in [4.69, 9.17) is 0 Å². The Morgan fingerprint density at radius 3 is 2.41 bits per heavy atom. The van der Waals surface area contributed by atoms with Crippen LogP contribution in [0.2, 0.25) is 0 Å². The largest absolute Gasteiger partial charge is 0.465 e. The summed E-state index contributed by atoms with van der Waals surface area (Å²) in [4.78, 5) is 11.7. The Labute approximate surface area is 160 Å². The molecule has 1 aliphatic rings. The van der Waals surface area contributed by atoms with Crippen molar-refractivity contribution in [1.82, 2.24) is 9.62 Å². The molecule has 1 heterocycles. The summed E-state index contributed by atoms with van der Waals surface area (Å²) in [6, 6.07) is 13.7. The SMILES string of the molecule is CCc1ccc(C2CNCCN2S(=O)(=O)c2ccc(C(=O)OC)cc2)cc1. The summed E-state index contributed by atoms with van der Waals surface area (Å²) in [6.07, 6.45) is 0.942. The number of aryl methyl sites for hydroxylation is 1. The number of carbonyl (C=O) groups is 1. The number of piperazine rings is 1. The molecule has 2 aromatic rings. The number of nitrogens with zero attached hydrogens (tertiary/aromatic N) is 1. The number of rotatable bonds is 5. The minimum absolute atomic E-state index is 0.173. The van der Waals surface area contributed by atoms with Gasteiger partial charge in [-0.15, -0.1) is 0 Å². The summed E-state index contributed by atoms with van der Waals surface area (Å²) in [5.74, 6) is -0.491. The third kappa shape index (κ3) is 4.05. The Balaban J connectivity index is 1.91. The summed E-state index contributed by atoms with van der Waals surface area (Å²) in [5, 5.41) is 3.28. The summed E-state index contributed by atoms with van der Waals surface area (Å²) >= 11 is 0. The molecule has 0 bridgehead atoms. The van der Waals surface area contributed by atoms with Gasteiger partial charge in [0.25, 0.3) is 0 Å². The quantitative estimate of drug-likeness (QED) is 0.796. The van der Waals surface area contributed by atoms with E-state index >= 15 is 0 Å². The van der Waals surface area contributed by atoms with Crippen LogP contribution in [0.15, 0.2) is 53.4 Å². The zero-order valence-electron chi connectivity index (χ0n) is 15.5. The summed E-state index contributed by atoms with van der Waals surface area (Å²) in [7, 11) is -2.39. The van der Waals surface area contributed by atoms with Crippen molar-refractivity contribution < 1.29 is 17.9 Å². The maximum Gasteiger partial charge on any atom is 0.337 e. The number of carbonyl (C=O) groups excluding carboxylic acids is 1. The fourth-order valence-corrected chi connectivity index (χ4v) is 4.86. The van der Waals surface area contributed by atoms with Gasteiger partial charge in [0.15, 0.2) is 0 Å². The van der Waals surface area contributed by atoms with Crippen LogP contribution in [-0.2, 0) is 21.2 Å². The first-order valence-electron chi connectivity index (χ1n) is 8.97. The molecule has 1 aliphatic heterocycles. The Morgan fingerprint density at radius 1 is 1.15 bits per heavy atom. The van der Waals surface area contributed by atoms with Gasteiger partial charge in [-0.2, -0.15) is 4.31 Å². The van der Waals surface area contributed by atoms with Crippen molar-refractivity contribution in [3.8, 4) is 0 Å². The second-order valence-electron chi connectivity index (χ2n) is 6.45. The normalized spacial score (nSPS) is 18.2. The van der Waals surface area contributed by atoms with Gasteiger partial charge < -0.3 is 10.1 Å². The van der Waals surface area contributed by atoms with Crippen LogP contribution in [0.5, 0.6) is 0 Å². The standard InChI is InChI=1S/C20H24N2O4S/c1-3-15-4-6-16(7-5-15)19-14-21-12-13-22(19)27(24,25)18-10-8-17(9-11-18)20(23)26-2/h4-11,19,21H,3,12-14H2,1-2H3. The van der Waals surface area contributed by atoms with Gasteiger partial charge >= 0.3 is 5.97 Å². The summed E-state index contributed by atoms with van der Waals surface area (Å²) < 4.78 is 32.7. The molecular formula is C20H24N2O4S. The van der Waals surface area contributed by atoms with Crippen molar-refractivity contribution >= 4 is 16.0 Å². The smallest absolute Gasteiger partial charge is 0.337 e. The van der Waals surface area contributed by atoms with Crippen molar-refractivity contribution in [2.45, 2.75) is 24.3 Å². The molecule has 0 amide bonds. The Hall–Kier alpha value is -2.22.